The highest BCUT2D eigenvalue weighted by molar-refractivity contribution is 7.90. The molecule has 9 nitrogen and oxygen atoms in total. The lowest BCUT2D eigenvalue weighted by Gasteiger charge is -2.23. The van der Waals surface area contributed by atoms with Gasteiger partial charge in [0.25, 0.3) is 0 Å². The summed E-state index contributed by atoms with van der Waals surface area (Å²) in [6, 6.07) is 12.0. The number of amides is 1. The lowest BCUT2D eigenvalue weighted by Crippen LogP contribution is -2.39. The van der Waals surface area contributed by atoms with Gasteiger partial charge in [0, 0.05) is 58.3 Å². The van der Waals surface area contributed by atoms with Crippen molar-refractivity contribution in [1.29, 1.82) is 0 Å². The number of nitrogens with one attached hydrogen (secondary N) is 2. The predicted molar refractivity (Wildman–Crippen MR) is 160 cm³/mol. The van der Waals surface area contributed by atoms with Crippen LogP contribution in [0.5, 0.6) is 5.75 Å². The molecule has 0 bridgehead atoms. The standard InChI is InChI=1S/C31H34FN3O6S/c1-6-39-28(37)15-21-7-8-23(35-19(2)36)16-27(21)41-18-20-13-22-10-12-40-30(22)25(14-20)24-9-11-33-26(29(24)32)17-34-42(38)31(3,4)5/h7-14,16,34H,6,15,17-18H2,1-5H3,(H,35,36). The van der Waals surface area contributed by atoms with Crippen molar-refractivity contribution >= 4 is 39.9 Å². The van der Waals surface area contributed by atoms with E-state index in [2.05, 4.69) is 15.0 Å². The molecular formula is C31H34FN3O6S. The molecule has 0 saturated heterocycles. The first kappa shape index (κ1) is 31.0. The molecule has 2 aromatic heterocycles. The van der Waals surface area contributed by atoms with E-state index in [1.807, 2.05) is 26.8 Å². The molecule has 0 aliphatic carbocycles. The fraction of sp³-hybridized carbons (Fsp3) is 0.323. The number of anilines is 1. The van der Waals surface area contributed by atoms with Gasteiger partial charge in [-0.3, -0.25) is 14.6 Å². The summed E-state index contributed by atoms with van der Waals surface area (Å²) in [5.74, 6) is -0.792. The highest BCUT2D eigenvalue weighted by Crippen LogP contribution is 2.34. The second-order valence-electron chi connectivity index (χ2n) is 10.6. The monoisotopic (exact) mass is 595 g/mol. The Morgan fingerprint density at radius 1 is 1.12 bits per heavy atom. The Morgan fingerprint density at radius 3 is 2.62 bits per heavy atom. The zero-order chi connectivity index (χ0) is 30.4. The number of rotatable bonds is 11. The Balaban J connectivity index is 1.64. The van der Waals surface area contributed by atoms with Gasteiger partial charge in [-0.25, -0.2) is 4.39 Å². The number of esters is 1. The summed E-state index contributed by atoms with van der Waals surface area (Å²) >= 11 is -1.39. The number of nitrogens with zero attached hydrogens (tertiary/aromatic N) is 1. The average molecular weight is 596 g/mol. The Bertz CT molecular complexity index is 1580. The first-order valence-electron chi connectivity index (χ1n) is 13.4. The van der Waals surface area contributed by atoms with Gasteiger partial charge in [0.05, 0.1) is 31.5 Å². The van der Waals surface area contributed by atoms with Crippen LogP contribution in [-0.4, -0.2) is 32.8 Å². The molecule has 0 aliphatic rings. The fourth-order valence-electron chi connectivity index (χ4n) is 4.24. The molecule has 0 fully saturated rings. The summed E-state index contributed by atoms with van der Waals surface area (Å²) in [6.07, 6.45) is 3.03. The molecule has 2 N–H and O–H groups in total. The molecular weight excluding hydrogens is 561 g/mol. The van der Waals surface area contributed by atoms with Crippen molar-refractivity contribution in [3.63, 3.8) is 0 Å². The Labute approximate surface area is 247 Å². The topological polar surface area (TPSA) is 126 Å². The first-order chi connectivity index (χ1) is 20.0. The summed E-state index contributed by atoms with van der Waals surface area (Å²) in [7, 11) is 0. The number of hydrogen-bond acceptors (Lipinski definition) is 8. The van der Waals surface area contributed by atoms with Crippen LogP contribution in [0, 0.1) is 5.82 Å². The number of carbonyl (C=O) groups is 2. The Kier molecular flexibility index (Phi) is 9.87. The average Bonchev–Trinajstić information content (AvgIpc) is 3.40. The fourth-order valence-corrected chi connectivity index (χ4v) is 4.94. The van der Waals surface area contributed by atoms with Crippen LogP contribution in [0.25, 0.3) is 22.1 Å². The minimum Gasteiger partial charge on any atom is -0.598 e. The maximum Gasteiger partial charge on any atom is 0.310 e. The summed E-state index contributed by atoms with van der Waals surface area (Å²) in [4.78, 5) is 28.0. The van der Waals surface area contributed by atoms with Crippen LogP contribution in [0.3, 0.4) is 0 Å². The lowest BCUT2D eigenvalue weighted by molar-refractivity contribution is -0.142. The summed E-state index contributed by atoms with van der Waals surface area (Å²) in [6.45, 7) is 8.94. The van der Waals surface area contributed by atoms with Gasteiger partial charge < -0.3 is 23.8 Å². The quantitative estimate of drug-likeness (QED) is 0.164. The van der Waals surface area contributed by atoms with E-state index in [9.17, 15) is 14.1 Å². The molecule has 11 heteroatoms. The molecule has 42 heavy (non-hydrogen) atoms. The third-order valence-corrected chi connectivity index (χ3v) is 7.73. The predicted octanol–water partition coefficient (Wildman–Crippen LogP) is 5.83. The van der Waals surface area contributed by atoms with Crippen molar-refractivity contribution in [3.05, 3.63) is 77.6 Å². The minimum atomic E-state index is -1.39. The van der Waals surface area contributed by atoms with E-state index in [1.165, 1.54) is 19.4 Å². The van der Waals surface area contributed by atoms with Gasteiger partial charge >= 0.3 is 5.97 Å². The molecule has 0 saturated carbocycles. The van der Waals surface area contributed by atoms with Crippen LogP contribution < -0.4 is 14.8 Å². The molecule has 2 heterocycles. The maximum absolute atomic E-state index is 15.8. The van der Waals surface area contributed by atoms with Gasteiger partial charge in [-0.15, -0.1) is 4.72 Å². The third kappa shape index (κ3) is 7.67. The third-order valence-electron chi connectivity index (χ3n) is 6.21. The van der Waals surface area contributed by atoms with Gasteiger partial charge in [0.15, 0.2) is 5.82 Å². The van der Waals surface area contributed by atoms with E-state index in [1.54, 1.807) is 43.3 Å². The smallest absolute Gasteiger partial charge is 0.310 e. The molecule has 0 radical (unpaired) electrons. The molecule has 4 aromatic rings. The van der Waals surface area contributed by atoms with E-state index in [4.69, 9.17) is 13.9 Å². The van der Waals surface area contributed by atoms with E-state index in [0.717, 1.165) is 10.9 Å². The van der Waals surface area contributed by atoms with Crippen LogP contribution in [0.15, 0.2) is 59.3 Å². The SMILES string of the molecule is CCOC(=O)Cc1ccc(NC(C)=O)cc1OCc1cc(-c2ccnc(CN[S+]([O-])C(C)(C)C)c2F)c2occc2c1. The summed E-state index contributed by atoms with van der Waals surface area (Å²) in [5.41, 5.74) is 3.24. The van der Waals surface area contributed by atoms with Crippen molar-refractivity contribution in [2.45, 2.75) is 58.9 Å². The van der Waals surface area contributed by atoms with Crippen molar-refractivity contribution in [3.8, 4) is 16.9 Å². The van der Waals surface area contributed by atoms with Gasteiger partial charge in [-0.05, 0) is 63.6 Å². The highest BCUT2D eigenvalue weighted by atomic mass is 32.2. The molecule has 1 unspecified atom stereocenters. The van der Waals surface area contributed by atoms with Gasteiger partial charge in [0.1, 0.15) is 22.7 Å². The molecule has 222 valence electrons. The number of fused-ring (bicyclic) bond motifs is 1. The summed E-state index contributed by atoms with van der Waals surface area (Å²) < 4.78 is 47.5. The number of aromatic nitrogens is 1. The Morgan fingerprint density at radius 2 is 1.90 bits per heavy atom. The normalized spacial score (nSPS) is 12.3. The van der Waals surface area contributed by atoms with Crippen LogP contribution in [-0.2, 0) is 45.3 Å². The van der Waals surface area contributed by atoms with Gasteiger partial charge in [-0.1, -0.05) is 6.07 Å². The van der Waals surface area contributed by atoms with Crippen LogP contribution in [0.4, 0.5) is 10.1 Å². The van der Waals surface area contributed by atoms with Crippen molar-refractivity contribution in [2.75, 3.05) is 11.9 Å². The minimum absolute atomic E-state index is 0.00538. The number of furan rings is 1. The number of halogens is 1. The number of pyridine rings is 1. The zero-order valence-electron chi connectivity index (χ0n) is 24.2. The zero-order valence-corrected chi connectivity index (χ0v) is 25.0. The largest absolute Gasteiger partial charge is 0.598 e. The van der Waals surface area contributed by atoms with Crippen molar-refractivity contribution < 1.29 is 32.4 Å². The number of carbonyl (C=O) groups excluding carboxylic acids is 2. The van der Waals surface area contributed by atoms with E-state index < -0.39 is 27.9 Å². The maximum atomic E-state index is 15.8. The van der Waals surface area contributed by atoms with Gasteiger partial charge in [-0.2, -0.15) is 0 Å². The number of hydrogen-bond donors (Lipinski definition) is 2. The molecule has 1 atom stereocenters. The summed E-state index contributed by atoms with van der Waals surface area (Å²) in [5, 5.41) is 3.46. The molecule has 1 amide bonds. The lowest BCUT2D eigenvalue weighted by atomic mass is 10.00. The van der Waals surface area contributed by atoms with Crippen molar-refractivity contribution in [1.82, 2.24) is 9.71 Å². The second-order valence-corrected chi connectivity index (χ2v) is 12.6. The van der Waals surface area contributed by atoms with Crippen LogP contribution in [0.1, 0.15) is 51.4 Å². The molecule has 0 spiro atoms. The first-order valence-corrected chi connectivity index (χ1v) is 14.6. The van der Waals surface area contributed by atoms with E-state index in [0.29, 0.717) is 28.1 Å². The molecule has 0 aliphatic heterocycles. The second kappa shape index (κ2) is 13.4. The van der Waals surface area contributed by atoms with Crippen molar-refractivity contribution in [2.24, 2.45) is 0 Å². The van der Waals surface area contributed by atoms with E-state index >= 15 is 4.39 Å². The molecule has 4 rings (SSSR count). The highest BCUT2D eigenvalue weighted by Gasteiger charge is 2.27. The van der Waals surface area contributed by atoms with Crippen LogP contribution in [0.2, 0.25) is 0 Å². The van der Waals surface area contributed by atoms with Gasteiger partial charge in [0.2, 0.25) is 5.91 Å². The van der Waals surface area contributed by atoms with Crippen LogP contribution >= 0.6 is 0 Å². The Hall–Kier alpha value is -3.93. The number of ether oxygens (including phenoxy) is 2. The van der Waals surface area contributed by atoms with E-state index in [-0.39, 0.29) is 43.3 Å². The molecule has 2 aromatic carbocycles. The number of benzene rings is 2.